The van der Waals surface area contributed by atoms with E-state index in [-0.39, 0.29) is 17.5 Å². The quantitative estimate of drug-likeness (QED) is 0.689. The molecule has 0 aliphatic carbocycles. The Bertz CT molecular complexity index is 766. The molecule has 29 heavy (non-hydrogen) atoms. The predicted octanol–water partition coefficient (Wildman–Crippen LogP) is 2.91. The molecule has 0 radical (unpaired) electrons. The number of pyridine rings is 1. The molecule has 3 rings (SSSR count). The number of rotatable bonds is 3. The van der Waals surface area contributed by atoms with Gasteiger partial charge in [-0.15, -0.1) is 0 Å². The third kappa shape index (κ3) is 5.19. The predicted molar refractivity (Wildman–Crippen MR) is 102 cm³/mol. The van der Waals surface area contributed by atoms with E-state index < -0.39 is 22.9 Å². The molecule has 2 aliphatic heterocycles. The smallest absolute Gasteiger partial charge is 0.339 e. The zero-order valence-corrected chi connectivity index (χ0v) is 17.0. The first-order valence-corrected chi connectivity index (χ1v) is 10.1. The molecule has 2 amide bonds. The number of amides is 2. The van der Waals surface area contributed by atoms with Crippen LogP contribution in [0.5, 0.6) is 0 Å². The van der Waals surface area contributed by atoms with E-state index in [0.717, 1.165) is 37.9 Å². The fourth-order valence-electron chi connectivity index (χ4n) is 3.78. The van der Waals surface area contributed by atoms with Crippen LogP contribution in [0, 0.1) is 0 Å². The Kier molecular flexibility index (Phi) is 6.68. The molecule has 0 saturated carbocycles. The molecule has 3 heterocycles. The molecule has 0 spiro atoms. The molecule has 1 aromatic rings. The molecular weight excluding hydrogens is 409 g/mol. The van der Waals surface area contributed by atoms with Crippen LogP contribution in [0.15, 0.2) is 12.1 Å². The molecule has 2 aliphatic rings. The van der Waals surface area contributed by atoms with E-state index in [1.165, 1.54) is 4.90 Å². The number of halogens is 4. The Balaban J connectivity index is 1.55. The molecule has 0 N–H and O–H groups in total. The maximum absolute atomic E-state index is 12.7. The largest absolute Gasteiger partial charge is 0.433 e. The summed E-state index contributed by atoms with van der Waals surface area (Å²) >= 11 is 5.83. The van der Waals surface area contributed by atoms with E-state index >= 15 is 0 Å². The van der Waals surface area contributed by atoms with Gasteiger partial charge in [0.1, 0.15) is 10.8 Å². The van der Waals surface area contributed by atoms with E-state index in [4.69, 9.17) is 11.6 Å². The highest BCUT2D eigenvalue weighted by atomic mass is 35.5. The first kappa shape index (κ1) is 21.8. The van der Waals surface area contributed by atoms with Crippen molar-refractivity contribution in [2.45, 2.75) is 38.4 Å². The van der Waals surface area contributed by atoms with Crippen molar-refractivity contribution in [3.8, 4) is 0 Å². The van der Waals surface area contributed by atoms with E-state index in [9.17, 15) is 22.8 Å². The zero-order chi connectivity index (χ0) is 21.2. The van der Waals surface area contributed by atoms with Crippen LogP contribution in [0.25, 0.3) is 0 Å². The molecular formula is C19H24ClF3N4O2. The number of hydrogen-bond donors (Lipinski definition) is 0. The van der Waals surface area contributed by atoms with Gasteiger partial charge in [0.2, 0.25) is 5.91 Å². The summed E-state index contributed by atoms with van der Waals surface area (Å²) in [6, 6.07) is 2.08. The van der Waals surface area contributed by atoms with Crippen LogP contribution in [-0.2, 0) is 11.0 Å². The Hall–Kier alpha value is -1.87. The average molecular weight is 433 g/mol. The van der Waals surface area contributed by atoms with Crippen molar-refractivity contribution >= 4 is 23.4 Å². The van der Waals surface area contributed by atoms with Crippen LogP contribution in [0.3, 0.4) is 0 Å². The minimum atomic E-state index is -4.62. The number of nitrogens with zero attached hydrogens (tertiary/aromatic N) is 4. The first-order chi connectivity index (χ1) is 13.7. The van der Waals surface area contributed by atoms with Crippen molar-refractivity contribution in [2.75, 3.05) is 39.3 Å². The van der Waals surface area contributed by atoms with Crippen molar-refractivity contribution in [2.24, 2.45) is 0 Å². The second-order valence-corrected chi connectivity index (χ2v) is 7.89. The molecule has 0 aromatic carbocycles. The van der Waals surface area contributed by atoms with Gasteiger partial charge in [-0.2, -0.15) is 13.2 Å². The third-order valence-corrected chi connectivity index (χ3v) is 5.80. The van der Waals surface area contributed by atoms with Gasteiger partial charge in [-0.25, -0.2) is 4.98 Å². The summed E-state index contributed by atoms with van der Waals surface area (Å²) in [5.74, 6) is -0.348. The Morgan fingerprint density at radius 3 is 2.41 bits per heavy atom. The summed E-state index contributed by atoms with van der Waals surface area (Å²) in [6.07, 6.45) is -1.42. The first-order valence-electron chi connectivity index (χ1n) is 9.71. The van der Waals surface area contributed by atoms with Crippen LogP contribution in [0.4, 0.5) is 13.2 Å². The molecule has 2 fully saturated rings. The van der Waals surface area contributed by atoms with Crippen LogP contribution >= 0.6 is 11.6 Å². The number of carbonyl (C=O) groups is 2. The number of piperidine rings is 1. The van der Waals surface area contributed by atoms with Gasteiger partial charge in [-0.05, 0) is 38.3 Å². The summed E-state index contributed by atoms with van der Waals surface area (Å²) in [5, 5.41) is -0.457. The van der Waals surface area contributed by atoms with Gasteiger partial charge in [0.15, 0.2) is 0 Å². The van der Waals surface area contributed by atoms with Gasteiger partial charge in [0.25, 0.3) is 5.91 Å². The second-order valence-electron chi connectivity index (χ2n) is 7.53. The molecule has 6 nitrogen and oxygen atoms in total. The molecule has 0 unspecified atom stereocenters. The number of piperazine rings is 1. The van der Waals surface area contributed by atoms with Crippen molar-refractivity contribution in [3.05, 3.63) is 28.5 Å². The molecule has 2 saturated heterocycles. The monoisotopic (exact) mass is 432 g/mol. The van der Waals surface area contributed by atoms with Gasteiger partial charge in [0.05, 0.1) is 12.1 Å². The number of hydrogen-bond acceptors (Lipinski definition) is 4. The lowest BCUT2D eigenvalue weighted by molar-refractivity contribution is -0.141. The molecule has 1 atom stereocenters. The Morgan fingerprint density at radius 2 is 1.83 bits per heavy atom. The fraction of sp³-hybridized carbons (Fsp3) is 0.632. The fourth-order valence-corrected chi connectivity index (χ4v) is 4.02. The molecule has 1 aromatic heterocycles. The minimum absolute atomic E-state index is 0.0497. The lowest BCUT2D eigenvalue weighted by Gasteiger charge is -2.38. The highest BCUT2D eigenvalue weighted by molar-refractivity contribution is 6.32. The standard InChI is InChI=1S/C19H24ClF3N4O2/c1-13-4-2-3-7-27(13)16(28)12-25-8-10-26(11-9-25)18(29)14-5-6-15(19(21,22)23)24-17(14)20/h5-6,13H,2-4,7-12H2,1H3/t13-/m0/s1. The van der Waals surface area contributed by atoms with E-state index in [2.05, 4.69) is 11.9 Å². The van der Waals surface area contributed by atoms with Crippen LogP contribution in [-0.4, -0.2) is 76.8 Å². The highest BCUT2D eigenvalue weighted by Gasteiger charge is 2.34. The van der Waals surface area contributed by atoms with E-state index in [1.54, 1.807) is 0 Å². The maximum Gasteiger partial charge on any atom is 0.433 e. The summed E-state index contributed by atoms with van der Waals surface area (Å²) in [6.45, 7) is 4.96. The lowest BCUT2D eigenvalue weighted by Crippen LogP contribution is -2.53. The van der Waals surface area contributed by atoms with Crippen molar-refractivity contribution in [1.82, 2.24) is 19.7 Å². The van der Waals surface area contributed by atoms with Crippen LogP contribution < -0.4 is 0 Å². The van der Waals surface area contributed by atoms with Gasteiger partial charge in [0, 0.05) is 38.8 Å². The number of carbonyl (C=O) groups excluding carboxylic acids is 2. The summed E-state index contributed by atoms with van der Waals surface area (Å²) in [7, 11) is 0. The maximum atomic E-state index is 12.7. The SMILES string of the molecule is C[C@H]1CCCCN1C(=O)CN1CCN(C(=O)c2ccc(C(F)(F)F)nc2Cl)CC1. The molecule has 0 bridgehead atoms. The second kappa shape index (κ2) is 8.87. The minimum Gasteiger partial charge on any atom is -0.339 e. The number of alkyl halides is 3. The average Bonchev–Trinajstić information content (AvgIpc) is 2.67. The third-order valence-electron chi connectivity index (χ3n) is 5.51. The van der Waals surface area contributed by atoms with E-state index in [0.29, 0.717) is 32.7 Å². The van der Waals surface area contributed by atoms with Crippen molar-refractivity contribution < 1.29 is 22.8 Å². The topological polar surface area (TPSA) is 56.8 Å². The summed E-state index contributed by atoms with van der Waals surface area (Å²) < 4.78 is 38.1. The number of likely N-dealkylation sites (tertiary alicyclic amines) is 1. The van der Waals surface area contributed by atoms with Gasteiger partial charge in [-0.3, -0.25) is 14.5 Å². The molecule has 10 heteroatoms. The van der Waals surface area contributed by atoms with Gasteiger partial charge in [-0.1, -0.05) is 11.6 Å². The Morgan fingerprint density at radius 1 is 1.14 bits per heavy atom. The summed E-state index contributed by atoms with van der Waals surface area (Å²) in [4.78, 5) is 33.9. The van der Waals surface area contributed by atoms with Crippen LogP contribution in [0.2, 0.25) is 5.15 Å². The lowest BCUT2D eigenvalue weighted by atomic mass is 10.0. The number of aromatic nitrogens is 1. The molecule has 160 valence electrons. The van der Waals surface area contributed by atoms with Gasteiger partial charge >= 0.3 is 6.18 Å². The van der Waals surface area contributed by atoms with Gasteiger partial charge < -0.3 is 9.80 Å². The van der Waals surface area contributed by atoms with Crippen molar-refractivity contribution in [3.63, 3.8) is 0 Å². The Labute approximate surface area is 172 Å². The van der Waals surface area contributed by atoms with Crippen LogP contribution in [0.1, 0.15) is 42.2 Å². The normalized spacial score (nSPS) is 21.3. The van der Waals surface area contributed by atoms with E-state index in [1.807, 2.05) is 9.80 Å². The van der Waals surface area contributed by atoms with Crippen molar-refractivity contribution in [1.29, 1.82) is 0 Å². The zero-order valence-electron chi connectivity index (χ0n) is 16.2. The summed E-state index contributed by atoms with van der Waals surface area (Å²) in [5.41, 5.74) is -1.18. The highest BCUT2D eigenvalue weighted by Crippen LogP contribution is 2.29.